The van der Waals surface area contributed by atoms with Crippen LogP contribution >= 0.6 is 15.9 Å². The molecule has 110 valence electrons. The van der Waals surface area contributed by atoms with Crippen LogP contribution in [0, 0.1) is 0 Å². The van der Waals surface area contributed by atoms with Gasteiger partial charge in [-0.3, -0.25) is 9.59 Å². The zero-order valence-corrected chi connectivity index (χ0v) is 13.7. The van der Waals surface area contributed by atoms with Gasteiger partial charge in [0.05, 0.1) is 12.7 Å². The highest BCUT2D eigenvalue weighted by molar-refractivity contribution is 9.10. The summed E-state index contributed by atoms with van der Waals surface area (Å²) in [6.45, 7) is 4.15. The number of nitrogens with zero attached hydrogens (tertiary/aromatic N) is 1. The van der Waals surface area contributed by atoms with Crippen molar-refractivity contribution >= 4 is 27.7 Å². The number of amides is 2. The molecular weight excluding hydrogens is 324 g/mol. The molecular formula is C14H19BrN2O3. The summed E-state index contributed by atoms with van der Waals surface area (Å²) in [7, 11) is 3.24. The lowest BCUT2D eigenvalue weighted by Crippen LogP contribution is -2.45. The van der Waals surface area contributed by atoms with Crippen LogP contribution in [0.1, 0.15) is 24.2 Å². The smallest absolute Gasteiger partial charge is 0.253 e. The van der Waals surface area contributed by atoms with Gasteiger partial charge in [0.15, 0.2) is 0 Å². The number of rotatable bonds is 5. The first-order valence-electron chi connectivity index (χ1n) is 6.30. The van der Waals surface area contributed by atoms with Crippen molar-refractivity contribution in [3.05, 3.63) is 28.2 Å². The Morgan fingerprint density at radius 3 is 2.65 bits per heavy atom. The Hall–Kier alpha value is -1.56. The van der Waals surface area contributed by atoms with Gasteiger partial charge >= 0.3 is 0 Å². The van der Waals surface area contributed by atoms with E-state index in [1.54, 1.807) is 37.1 Å². The normalized spacial score (nSPS) is 11.7. The molecule has 0 aliphatic heterocycles. The van der Waals surface area contributed by atoms with E-state index in [1.165, 1.54) is 7.11 Å². The average molecular weight is 343 g/mol. The maximum absolute atomic E-state index is 12.2. The lowest BCUT2D eigenvalue weighted by atomic mass is 10.2. The lowest BCUT2D eigenvalue weighted by molar-refractivity contribution is -0.131. The first-order chi connectivity index (χ1) is 9.40. The maximum atomic E-state index is 12.2. The van der Waals surface area contributed by atoms with Crippen molar-refractivity contribution in [2.24, 2.45) is 0 Å². The molecule has 1 N–H and O–H groups in total. The fourth-order valence-electron chi connectivity index (χ4n) is 1.63. The Bertz CT molecular complexity index is 505. The highest BCUT2D eigenvalue weighted by Crippen LogP contribution is 2.22. The van der Waals surface area contributed by atoms with Crippen molar-refractivity contribution < 1.29 is 14.3 Å². The van der Waals surface area contributed by atoms with Gasteiger partial charge in [-0.2, -0.15) is 0 Å². The number of benzene rings is 1. The van der Waals surface area contributed by atoms with Crippen molar-refractivity contribution in [3.8, 4) is 5.75 Å². The van der Waals surface area contributed by atoms with E-state index in [2.05, 4.69) is 21.2 Å². The van der Waals surface area contributed by atoms with E-state index in [0.29, 0.717) is 22.3 Å². The maximum Gasteiger partial charge on any atom is 0.253 e. The highest BCUT2D eigenvalue weighted by Gasteiger charge is 2.20. The molecule has 0 fully saturated rings. The fraction of sp³-hybridized carbons (Fsp3) is 0.429. The first-order valence-corrected chi connectivity index (χ1v) is 7.09. The van der Waals surface area contributed by atoms with Crippen LogP contribution in [-0.4, -0.2) is 43.5 Å². The van der Waals surface area contributed by atoms with Gasteiger partial charge in [-0.1, -0.05) is 0 Å². The van der Waals surface area contributed by atoms with Crippen molar-refractivity contribution in [2.45, 2.75) is 19.9 Å². The largest absolute Gasteiger partial charge is 0.497 e. The van der Waals surface area contributed by atoms with Crippen molar-refractivity contribution in [1.29, 1.82) is 0 Å². The summed E-state index contributed by atoms with van der Waals surface area (Å²) in [5.41, 5.74) is 0.433. The molecule has 2 amide bonds. The number of carbonyl (C=O) groups is 2. The Kier molecular flexibility index (Phi) is 6.01. The summed E-state index contributed by atoms with van der Waals surface area (Å²) < 4.78 is 5.74. The molecule has 5 nitrogen and oxygen atoms in total. The van der Waals surface area contributed by atoms with Crippen molar-refractivity contribution in [2.75, 3.05) is 20.7 Å². The van der Waals surface area contributed by atoms with Gasteiger partial charge in [-0.05, 0) is 48.0 Å². The standard InChI is InChI=1S/C14H19BrN2O3/c1-5-17(3)14(19)9(2)16-13(18)11-8-10(20-4)6-7-12(11)15/h6-9H,5H2,1-4H3,(H,16,18). The van der Waals surface area contributed by atoms with Crippen molar-refractivity contribution in [3.63, 3.8) is 0 Å². The van der Waals surface area contributed by atoms with E-state index >= 15 is 0 Å². The molecule has 1 rings (SSSR count). The Morgan fingerprint density at radius 2 is 2.10 bits per heavy atom. The van der Waals surface area contributed by atoms with Gasteiger partial charge in [0.2, 0.25) is 5.91 Å². The summed E-state index contributed by atoms with van der Waals surface area (Å²) in [5, 5.41) is 2.69. The first kappa shape index (κ1) is 16.5. The molecule has 1 unspecified atom stereocenters. The minimum Gasteiger partial charge on any atom is -0.497 e. The molecule has 0 aliphatic rings. The number of hydrogen-bond donors (Lipinski definition) is 1. The molecule has 20 heavy (non-hydrogen) atoms. The third kappa shape index (κ3) is 3.96. The van der Waals surface area contributed by atoms with Crippen LogP contribution in [0.5, 0.6) is 5.75 Å². The summed E-state index contributed by atoms with van der Waals surface area (Å²) >= 11 is 3.32. The molecule has 1 aromatic rings. The highest BCUT2D eigenvalue weighted by atomic mass is 79.9. The Morgan fingerprint density at radius 1 is 1.45 bits per heavy atom. The van der Waals surface area contributed by atoms with Crippen molar-refractivity contribution in [1.82, 2.24) is 10.2 Å². The molecule has 0 heterocycles. The van der Waals surface area contributed by atoms with Gasteiger partial charge in [0.1, 0.15) is 11.8 Å². The monoisotopic (exact) mass is 342 g/mol. The van der Waals surface area contributed by atoms with E-state index in [-0.39, 0.29) is 11.8 Å². The number of methoxy groups -OCH3 is 1. The second kappa shape index (κ2) is 7.28. The number of halogens is 1. The molecule has 0 aromatic heterocycles. The number of ether oxygens (including phenoxy) is 1. The summed E-state index contributed by atoms with van der Waals surface area (Å²) in [6, 6.07) is 4.53. The van der Waals surface area contributed by atoms with Crippen LogP contribution in [0.3, 0.4) is 0 Å². The molecule has 1 aromatic carbocycles. The van der Waals surface area contributed by atoms with E-state index < -0.39 is 6.04 Å². The molecule has 0 radical (unpaired) electrons. The van der Waals surface area contributed by atoms with E-state index in [4.69, 9.17) is 4.74 Å². The van der Waals surface area contributed by atoms with Crippen LogP contribution in [0.15, 0.2) is 22.7 Å². The quantitative estimate of drug-likeness (QED) is 0.890. The van der Waals surface area contributed by atoms with E-state index in [1.807, 2.05) is 6.92 Å². The van der Waals surface area contributed by atoms with Crippen LogP contribution in [0.25, 0.3) is 0 Å². The van der Waals surface area contributed by atoms with Gasteiger partial charge in [0.25, 0.3) is 5.91 Å². The average Bonchev–Trinajstić information content (AvgIpc) is 2.45. The zero-order chi connectivity index (χ0) is 15.3. The van der Waals surface area contributed by atoms with Crippen LogP contribution in [-0.2, 0) is 4.79 Å². The topological polar surface area (TPSA) is 58.6 Å². The Balaban J connectivity index is 2.83. The van der Waals surface area contributed by atoms with Crippen LogP contribution in [0.4, 0.5) is 0 Å². The van der Waals surface area contributed by atoms with E-state index in [9.17, 15) is 9.59 Å². The van der Waals surface area contributed by atoms with Crippen LogP contribution in [0.2, 0.25) is 0 Å². The molecule has 0 bridgehead atoms. The third-order valence-electron chi connectivity index (χ3n) is 2.99. The molecule has 6 heteroatoms. The molecule has 0 spiro atoms. The van der Waals surface area contributed by atoms with Gasteiger partial charge in [-0.25, -0.2) is 0 Å². The molecule has 0 saturated heterocycles. The summed E-state index contributed by atoms with van der Waals surface area (Å²) in [4.78, 5) is 25.7. The molecule has 0 saturated carbocycles. The number of likely N-dealkylation sites (N-methyl/N-ethyl adjacent to an activating group) is 1. The lowest BCUT2D eigenvalue weighted by Gasteiger charge is -2.20. The third-order valence-corrected chi connectivity index (χ3v) is 3.68. The van der Waals surface area contributed by atoms with Gasteiger partial charge in [0, 0.05) is 18.1 Å². The number of nitrogens with one attached hydrogen (secondary N) is 1. The number of carbonyl (C=O) groups excluding carboxylic acids is 2. The van der Waals surface area contributed by atoms with E-state index in [0.717, 1.165) is 0 Å². The Labute approximate surface area is 127 Å². The zero-order valence-electron chi connectivity index (χ0n) is 12.1. The predicted molar refractivity (Wildman–Crippen MR) is 80.9 cm³/mol. The second-order valence-electron chi connectivity index (χ2n) is 4.39. The van der Waals surface area contributed by atoms with Crippen LogP contribution < -0.4 is 10.1 Å². The summed E-state index contributed by atoms with van der Waals surface area (Å²) in [6.07, 6.45) is 0. The second-order valence-corrected chi connectivity index (χ2v) is 5.25. The minimum atomic E-state index is -0.578. The predicted octanol–water partition coefficient (Wildman–Crippen LogP) is 2.05. The van der Waals surface area contributed by atoms with Gasteiger partial charge in [-0.15, -0.1) is 0 Å². The molecule has 0 aliphatic carbocycles. The summed E-state index contributed by atoms with van der Waals surface area (Å²) in [5.74, 6) is 0.143. The molecule has 1 atom stereocenters. The fourth-order valence-corrected chi connectivity index (χ4v) is 2.05. The SMILES string of the molecule is CCN(C)C(=O)C(C)NC(=O)c1cc(OC)ccc1Br. The minimum absolute atomic E-state index is 0.125. The number of hydrogen-bond acceptors (Lipinski definition) is 3. The van der Waals surface area contributed by atoms with Gasteiger partial charge < -0.3 is 15.0 Å².